The SMILES string of the molecule is CC1(C)O[C@H]2CC(=O)O[C@]23CCCC=C13. The van der Waals surface area contributed by atoms with Gasteiger partial charge in [-0.25, -0.2) is 0 Å². The molecule has 1 aliphatic carbocycles. The van der Waals surface area contributed by atoms with E-state index in [2.05, 4.69) is 19.9 Å². The van der Waals surface area contributed by atoms with E-state index in [-0.39, 0.29) is 17.7 Å². The summed E-state index contributed by atoms with van der Waals surface area (Å²) in [6.07, 6.45) is 5.68. The summed E-state index contributed by atoms with van der Waals surface area (Å²) >= 11 is 0. The third kappa shape index (κ3) is 1.07. The van der Waals surface area contributed by atoms with Crippen LogP contribution in [0.5, 0.6) is 0 Å². The summed E-state index contributed by atoms with van der Waals surface area (Å²) in [5, 5.41) is 0. The van der Waals surface area contributed by atoms with Crippen molar-refractivity contribution in [2.45, 2.75) is 56.8 Å². The summed E-state index contributed by atoms with van der Waals surface area (Å²) < 4.78 is 11.5. The van der Waals surface area contributed by atoms with Gasteiger partial charge in [0.05, 0.1) is 12.0 Å². The monoisotopic (exact) mass is 208 g/mol. The Balaban J connectivity index is 2.10. The Morgan fingerprint density at radius 3 is 3.07 bits per heavy atom. The van der Waals surface area contributed by atoms with Crippen molar-refractivity contribution in [1.82, 2.24) is 0 Å². The molecule has 0 bridgehead atoms. The van der Waals surface area contributed by atoms with E-state index >= 15 is 0 Å². The number of hydrogen-bond donors (Lipinski definition) is 0. The molecule has 2 saturated heterocycles. The Morgan fingerprint density at radius 1 is 1.47 bits per heavy atom. The predicted molar refractivity (Wildman–Crippen MR) is 54.3 cm³/mol. The van der Waals surface area contributed by atoms with Crippen LogP contribution in [0.3, 0.4) is 0 Å². The minimum atomic E-state index is -0.404. The maximum Gasteiger partial charge on any atom is 0.309 e. The van der Waals surface area contributed by atoms with Gasteiger partial charge in [0.1, 0.15) is 6.10 Å². The van der Waals surface area contributed by atoms with Gasteiger partial charge in [-0.2, -0.15) is 0 Å². The molecular weight excluding hydrogens is 192 g/mol. The number of rotatable bonds is 0. The van der Waals surface area contributed by atoms with E-state index in [1.807, 2.05) is 0 Å². The van der Waals surface area contributed by atoms with Crippen molar-refractivity contribution in [1.29, 1.82) is 0 Å². The van der Waals surface area contributed by atoms with Gasteiger partial charge in [0.15, 0.2) is 5.60 Å². The first-order valence-corrected chi connectivity index (χ1v) is 5.65. The van der Waals surface area contributed by atoms with Crippen LogP contribution in [-0.4, -0.2) is 23.3 Å². The lowest BCUT2D eigenvalue weighted by Gasteiger charge is -2.33. The lowest BCUT2D eigenvalue weighted by molar-refractivity contribution is -0.146. The highest BCUT2D eigenvalue weighted by molar-refractivity contribution is 5.75. The maximum absolute atomic E-state index is 11.4. The molecule has 3 heteroatoms. The second-order valence-electron chi connectivity index (χ2n) is 5.19. The molecule has 0 amide bonds. The maximum atomic E-state index is 11.4. The highest BCUT2D eigenvalue weighted by atomic mass is 16.6. The van der Waals surface area contributed by atoms with Crippen molar-refractivity contribution in [2.75, 3.05) is 0 Å². The Labute approximate surface area is 89.4 Å². The minimum absolute atomic E-state index is 0.0495. The summed E-state index contributed by atoms with van der Waals surface area (Å²) in [5.74, 6) is -0.108. The van der Waals surface area contributed by atoms with Crippen molar-refractivity contribution in [3.8, 4) is 0 Å². The highest BCUT2D eigenvalue weighted by Gasteiger charge is 2.63. The highest BCUT2D eigenvalue weighted by Crippen LogP contribution is 2.54. The number of hydrogen-bond acceptors (Lipinski definition) is 3. The van der Waals surface area contributed by atoms with Crippen molar-refractivity contribution in [3.63, 3.8) is 0 Å². The number of ether oxygens (including phenoxy) is 2. The summed E-state index contributed by atoms with van der Waals surface area (Å²) in [5.41, 5.74) is 0.530. The zero-order chi connectivity index (χ0) is 10.7. The largest absolute Gasteiger partial charge is 0.452 e. The van der Waals surface area contributed by atoms with E-state index in [0.29, 0.717) is 6.42 Å². The standard InChI is InChI=1S/C12H16O3/c1-11(2)8-5-3-4-6-12(8)9(14-11)7-10(13)15-12/h5,9H,3-4,6-7H2,1-2H3/t9-,12-/m0/s1. The van der Waals surface area contributed by atoms with Gasteiger partial charge in [0.25, 0.3) is 0 Å². The van der Waals surface area contributed by atoms with E-state index in [9.17, 15) is 4.79 Å². The Hall–Kier alpha value is -0.830. The molecule has 2 aliphatic heterocycles. The van der Waals surface area contributed by atoms with Gasteiger partial charge in [-0.3, -0.25) is 4.79 Å². The third-order valence-corrected chi connectivity index (χ3v) is 3.81. The van der Waals surface area contributed by atoms with Crippen LogP contribution in [0.2, 0.25) is 0 Å². The van der Waals surface area contributed by atoms with Crippen LogP contribution in [0, 0.1) is 0 Å². The minimum Gasteiger partial charge on any atom is -0.452 e. The summed E-state index contributed by atoms with van der Waals surface area (Å²) in [6, 6.07) is 0. The smallest absolute Gasteiger partial charge is 0.309 e. The van der Waals surface area contributed by atoms with Gasteiger partial charge in [-0.05, 0) is 33.1 Å². The molecule has 0 aromatic carbocycles. The molecule has 1 spiro atoms. The van der Waals surface area contributed by atoms with Crippen LogP contribution in [0.1, 0.15) is 39.5 Å². The molecule has 0 saturated carbocycles. The fourth-order valence-corrected chi connectivity index (χ4v) is 3.30. The fourth-order valence-electron chi connectivity index (χ4n) is 3.30. The first kappa shape index (κ1) is 9.40. The molecule has 82 valence electrons. The second kappa shape index (κ2) is 2.64. The van der Waals surface area contributed by atoms with E-state index in [1.54, 1.807) is 0 Å². The van der Waals surface area contributed by atoms with Gasteiger partial charge in [0.2, 0.25) is 0 Å². The first-order chi connectivity index (χ1) is 7.05. The Bertz CT molecular complexity index is 356. The van der Waals surface area contributed by atoms with E-state index in [0.717, 1.165) is 19.3 Å². The Kier molecular flexibility index (Phi) is 1.66. The van der Waals surface area contributed by atoms with E-state index in [4.69, 9.17) is 9.47 Å². The van der Waals surface area contributed by atoms with Crippen LogP contribution >= 0.6 is 0 Å². The van der Waals surface area contributed by atoms with Gasteiger partial charge >= 0.3 is 5.97 Å². The molecule has 3 nitrogen and oxygen atoms in total. The van der Waals surface area contributed by atoms with Crippen molar-refractivity contribution >= 4 is 5.97 Å². The first-order valence-electron chi connectivity index (χ1n) is 5.65. The molecule has 2 atom stereocenters. The normalized spacial score (nSPS) is 41.9. The predicted octanol–water partition coefficient (Wildman–Crippen LogP) is 1.96. The molecule has 0 radical (unpaired) electrons. The van der Waals surface area contributed by atoms with Crippen LogP contribution in [-0.2, 0) is 14.3 Å². The average molecular weight is 208 g/mol. The average Bonchev–Trinajstić information content (AvgIpc) is 2.52. The van der Waals surface area contributed by atoms with Gasteiger partial charge in [-0.1, -0.05) is 6.08 Å². The molecule has 0 N–H and O–H groups in total. The molecule has 2 fully saturated rings. The zero-order valence-electron chi connectivity index (χ0n) is 9.21. The number of carbonyl (C=O) groups excluding carboxylic acids is 1. The number of allylic oxidation sites excluding steroid dienone is 1. The Morgan fingerprint density at radius 2 is 2.27 bits per heavy atom. The van der Waals surface area contributed by atoms with Crippen LogP contribution in [0.25, 0.3) is 0 Å². The summed E-state index contributed by atoms with van der Waals surface area (Å²) in [6.45, 7) is 4.14. The van der Waals surface area contributed by atoms with Crippen LogP contribution < -0.4 is 0 Å². The number of esters is 1. The molecule has 0 unspecified atom stereocenters. The molecule has 2 heterocycles. The summed E-state index contributed by atoms with van der Waals surface area (Å²) in [7, 11) is 0. The van der Waals surface area contributed by atoms with Crippen molar-refractivity contribution in [3.05, 3.63) is 11.6 Å². The zero-order valence-corrected chi connectivity index (χ0v) is 9.21. The lowest BCUT2D eigenvalue weighted by atomic mass is 9.76. The summed E-state index contributed by atoms with van der Waals surface area (Å²) in [4.78, 5) is 11.4. The molecule has 3 aliphatic rings. The van der Waals surface area contributed by atoms with Gasteiger partial charge < -0.3 is 9.47 Å². The van der Waals surface area contributed by atoms with Crippen molar-refractivity contribution < 1.29 is 14.3 Å². The molecule has 0 aromatic rings. The third-order valence-electron chi connectivity index (χ3n) is 3.81. The molecule has 15 heavy (non-hydrogen) atoms. The van der Waals surface area contributed by atoms with Gasteiger partial charge in [0, 0.05) is 5.57 Å². The lowest BCUT2D eigenvalue weighted by Crippen LogP contribution is -2.39. The molecular formula is C12H16O3. The topological polar surface area (TPSA) is 35.5 Å². The fraction of sp³-hybridized carbons (Fsp3) is 0.750. The quantitative estimate of drug-likeness (QED) is 0.451. The molecule has 0 aromatic heterocycles. The van der Waals surface area contributed by atoms with E-state index in [1.165, 1.54) is 5.57 Å². The second-order valence-corrected chi connectivity index (χ2v) is 5.19. The van der Waals surface area contributed by atoms with Gasteiger partial charge in [-0.15, -0.1) is 0 Å². The van der Waals surface area contributed by atoms with Crippen LogP contribution in [0.15, 0.2) is 11.6 Å². The van der Waals surface area contributed by atoms with Crippen molar-refractivity contribution in [2.24, 2.45) is 0 Å². The van der Waals surface area contributed by atoms with E-state index < -0.39 is 5.60 Å². The molecule has 3 rings (SSSR count). The van der Waals surface area contributed by atoms with Crippen LogP contribution in [0.4, 0.5) is 0 Å². The number of carbonyl (C=O) groups is 1.